The number of imidazole rings is 1. The fraction of sp³-hybridized carbons (Fsp3) is 0.308. The fourth-order valence-corrected chi connectivity index (χ4v) is 4.28. The highest BCUT2D eigenvalue weighted by Crippen LogP contribution is 2.19. The quantitative estimate of drug-likeness (QED) is 0.532. The van der Waals surface area contributed by atoms with Crippen LogP contribution in [0.2, 0.25) is 0 Å². The van der Waals surface area contributed by atoms with Crippen LogP contribution in [-0.2, 0) is 10.0 Å². The summed E-state index contributed by atoms with van der Waals surface area (Å²) in [5, 5.41) is 0. The van der Waals surface area contributed by atoms with Gasteiger partial charge in [-0.05, 0) is 31.2 Å². The molecule has 0 aliphatic heterocycles. The lowest BCUT2D eigenvalue weighted by atomic mass is 10.3. The highest BCUT2D eigenvalue weighted by atomic mass is 32.2. The van der Waals surface area contributed by atoms with Gasteiger partial charge in [-0.2, -0.15) is 0 Å². The Bertz CT molecular complexity index is 654. The van der Waals surface area contributed by atoms with Gasteiger partial charge in [0.1, 0.15) is 5.82 Å². The molecule has 0 spiro atoms. The first-order valence-corrected chi connectivity index (χ1v) is 9.08. The summed E-state index contributed by atoms with van der Waals surface area (Å²) < 4.78 is 26.6. The van der Waals surface area contributed by atoms with Crippen LogP contribution in [0.5, 0.6) is 0 Å². The Hall–Kier alpha value is -1.51. The van der Waals surface area contributed by atoms with Crippen LogP contribution in [0.25, 0.3) is 0 Å². The number of benzene rings is 1. The predicted molar refractivity (Wildman–Crippen MR) is 85.5 cm³/mol. The molecule has 0 saturated heterocycles. The molecule has 1 aromatic carbocycles. The molecule has 0 aliphatic rings. The zero-order chi connectivity index (χ0) is 15.3. The second-order valence-corrected chi connectivity index (χ2v) is 7.59. The van der Waals surface area contributed by atoms with Crippen LogP contribution < -0.4 is 10.5 Å². The summed E-state index contributed by atoms with van der Waals surface area (Å²) in [6.45, 7) is 1.75. The van der Waals surface area contributed by atoms with Gasteiger partial charge in [-0.3, -0.25) is 0 Å². The highest BCUT2D eigenvalue weighted by Gasteiger charge is 2.17. The van der Waals surface area contributed by atoms with Crippen LogP contribution in [0, 0.1) is 0 Å². The molecule has 0 fully saturated rings. The number of nitrogens with one attached hydrogen (secondary N) is 2. The van der Waals surface area contributed by atoms with E-state index in [9.17, 15) is 8.42 Å². The number of sulfonamides is 1. The van der Waals surface area contributed by atoms with Crippen molar-refractivity contribution in [2.75, 3.05) is 17.2 Å². The minimum absolute atomic E-state index is 0.0487. The Labute approximate surface area is 128 Å². The molecule has 2 aromatic rings. The van der Waals surface area contributed by atoms with Crippen LogP contribution in [0.15, 0.2) is 41.6 Å². The van der Waals surface area contributed by atoms with Crippen molar-refractivity contribution in [3.8, 4) is 0 Å². The van der Waals surface area contributed by atoms with E-state index in [4.69, 9.17) is 5.73 Å². The molecule has 0 aliphatic carbocycles. The van der Waals surface area contributed by atoms with Gasteiger partial charge in [-0.15, -0.1) is 11.8 Å². The normalized spacial score (nSPS) is 13.2. The number of hydrogen-bond donors (Lipinski definition) is 3. The van der Waals surface area contributed by atoms with Gasteiger partial charge in [0.25, 0.3) is 0 Å². The average molecular weight is 326 g/mol. The first kappa shape index (κ1) is 15.9. The lowest BCUT2D eigenvalue weighted by Gasteiger charge is -2.12. The smallest absolute Gasteiger partial charge is 0.213 e. The number of hydrogen-bond acceptors (Lipinski definition) is 5. The molecule has 2 rings (SSSR count). The van der Waals surface area contributed by atoms with E-state index in [0.717, 1.165) is 4.90 Å². The summed E-state index contributed by atoms with van der Waals surface area (Å²) in [6, 6.07) is 6.99. The van der Waals surface area contributed by atoms with E-state index in [-0.39, 0.29) is 11.8 Å². The van der Waals surface area contributed by atoms with Crippen molar-refractivity contribution in [3.05, 3.63) is 42.5 Å². The standard InChI is InChI=1S/C13H18N4O2S2/c1-10(13-15-6-7-16-13)17-21(18,19)9-8-20-12-4-2-11(14)3-5-12/h2-7,10,17H,8-9,14H2,1H3,(H,15,16). The largest absolute Gasteiger partial charge is 0.399 e. The maximum atomic E-state index is 12.0. The molecule has 1 aromatic heterocycles. The van der Waals surface area contributed by atoms with Gasteiger partial charge in [-0.25, -0.2) is 18.1 Å². The summed E-state index contributed by atoms with van der Waals surface area (Å²) in [6.07, 6.45) is 3.26. The number of thioether (sulfide) groups is 1. The fourth-order valence-electron chi connectivity index (χ4n) is 1.73. The third-order valence-corrected chi connectivity index (χ3v) is 5.51. The molecular weight excluding hydrogens is 308 g/mol. The summed E-state index contributed by atoms with van der Waals surface area (Å²) in [4.78, 5) is 7.93. The Kier molecular flexibility index (Phi) is 5.27. The van der Waals surface area contributed by atoms with Gasteiger partial charge in [0.15, 0.2) is 0 Å². The number of H-pyrrole nitrogens is 1. The minimum Gasteiger partial charge on any atom is -0.399 e. The molecule has 0 bridgehead atoms. The van der Waals surface area contributed by atoms with Crippen LogP contribution in [0.3, 0.4) is 0 Å². The number of anilines is 1. The number of aromatic nitrogens is 2. The number of nitrogens with two attached hydrogens (primary N) is 1. The zero-order valence-corrected chi connectivity index (χ0v) is 13.2. The number of aromatic amines is 1. The number of nitrogen functional groups attached to an aromatic ring is 1. The number of rotatable bonds is 7. The van der Waals surface area contributed by atoms with Gasteiger partial charge in [0.2, 0.25) is 10.0 Å². The van der Waals surface area contributed by atoms with Gasteiger partial charge in [-0.1, -0.05) is 0 Å². The molecule has 0 saturated carbocycles. The van der Waals surface area contributed by atoms with Crippen LogP contribution >= 0.6 is 11.8 Å². The first-order chi connectivity index (χ1) is 9.96. The van der Waals surface area contributed by atoms with Crippen molar-refractivity contribution in [1.82, 2.24) is 14.7 Å². The van der Waals surface area contributed by atoms with E-state index in [2.05, 4.69) is 14.7 Å². The molecule has 8 heteroatoms. The van der Waals surface area contributed by atoms with Crippen molar-refractivity contribution < 1.29 is 8.42 Å². The highest BCUT2D eigenvalue weighted by molar-refractivity contribution is 8.00. The molecule has 1 atom stereocenters. The molecular formula is C13H18N4O2S2. The van der Waals surface area contributed by atoms with Crippen molar-refractivity contribution in [2.45, 2.75) is 17.9 Å². The van der Waals surface area contributed by atoms with E-state index in [1.54, 1.807) is 31.5 Å². The molecule has 21 heavy (non-hydrogen) atoms. The maximum Gasteiger partial charge on any atom is 0.213 e. The first-order valence-electron chi connectivity index (χ1n) is 6.44. The second-order valence-electron chi connectivity index (χ2n) is 4.55. The van der Waals surface area contributed by atoms with Gasteiger partial charge >= 0.3 is 0 Å². The van der Waals surface area contributed by atoms with E-state index in [1.165, 1.54) is 11.8 Å². The topological polar surface area (TPSA) is 101 Å². The zero-order valence-electron chi connectivity index (χ0n) is 11.6. The third-order valence-electron chi connectivity index (χ3n) is 2.79. The summed E-state index contributed by atoms with van der Waals surface area (Å²) in [5.41, 5.74) is 6.30. The molecule has 4 N–H and O–H groups in total. The van der Waals surface area contributed by atoms with Crippen molar-refractivity contribution >= 4 is 27.5 Å². The Morgan fingerprint density at radius 1 is 1.38 bits per heavy atom. The average Bonchev–Trinajstić information content (AvgIpc) is 2.94. The van der Waals surface area contributed by atoms with Crippen molar-refractivity contribution in [3.63, 3.8) is 0 Å². The van der Waals surface area contributed by atoms with Gasteiger partial charge in [0.05, 0.1) is 11.8 Å². The second kappa shape index (κ2) is 6.97. The van der Waals surface area contributed by atoms with Crippen molar-refractivity contribution in [1.29, 1.82) is 0 Å². The van der Waals surface area contributed by atoms with Gasteiger partial charge < -0.3 is 10.7 Å². The molecule has 0 radical (unpaired) electrons. The molecule has 1 unspecified atom stereocenters. The van der Waals surface area contributed by atoms with Crippen molar-refractivity contribution in [2.24, 2.45) is 0 Å². The Morgan fingerprint density at radius 2 is 2.10 bits per heavy atom. The monoisotopic (exact) mass is 326 g/mol. The van der Waals surface area contributed by atoms with Gasteiger partial charge in [0, 0.05) is 28.7 Å². The maximum absolute atomic E-state index is 12.0. The minimum atomic E-state index is -3.34. The predicted octanol–water partition coefficient (Wildman–Crippen LogP) is 1.76. The summed E-state index contributed by atoms with van der Waals surface area (Å²) in [5.74, 6) is 1.13. The molecule has 1 heterocycles. The Balaban J connectivity index is 1.82. The van der Waals surface area contributed by atoms with E-state index < -0.39 is 10.0 Å². The number of nitrogens with zero attached hydrogens (tertiary/aromatic N) is 1. The summed E-state index contributed by atoms with van der Waals surface area (Å²) in [7, 11) is -3.34. The third kappa shape index (κ3) is 5.07. The SMILES string of the molecule is CC(NS(=O)(=O)CCSc1ccc(N)cc1)c1ncc[nH]1. The molecule has 0 amide bonds. The summed E-state index contributed by atoms with van der Waals surface area (Å²) >= 11 is 1.48. The Morgan fingerprint density at radius 3 is 2.71 bits per heavy atom. The molecule has 6 nitrogen and oxygen atoms in total. The molecule has 114 valence electrons. The lowest BCUT2D eigenvalue weighted by Crippen LogP contribution is -2.30. The van der Waals surface area contributed by atoms with E-state index in [0.29, 0.717) is 17.3 Å². The van der Waals surface area contributed by atoms with Crippen LogP contribution in [-0.4, -0.2) is 29.9 Å². The van der Waals surface area contributed by atoms with E-state index in [1.807, 2.05) is 12.1 Å². The van der Waals surface area contributed by atoms with Crippen LogP contribution in [0.1, 0.15) is 18.8 Å². The van der Waals surface area contributed by atoms with E-state index >= 15 is 0 Å². The van der Waals surface area contributed by atoms with Crippen LogP contribution in [0.4, 0.5) is 5.69 Å². The lowest BCUT2D eigenvalue weighted by molar-refractivity contribution is 0.562.